The minimum atomic E-state index is -1.06. The first kappa shape index (κ1) is 11.7. The van der Waals surface area contributed by atoms with Crippen LogP contribution >= 0.6 is 0 Å². The average Bonchev–Trinajstić information content (AvgIpc) is 1.27. The van der Waals surface area contributed by atoms with E-state index in [0.29, 0.717) is 0 Å². The fourth-order valence-electron chi connectivity index (χ4n) is 0.213. The van der Waals surface area contributed by atoms with Crippen LogP contribution in [0.1, 0.15) is 13.3 Å². The Morgan fingerprint density at radius 1 is 1.50 bits per heavy atom. The maximum absolute atomic E-state index is 9.87. The number of aliphatic carboxylic acids is 1. The van der Waals surface area contributed by atoms with Gasteiger partial charge >= 0.3 is 64.2 Å². The van der Waals surface area contributed by atoms with Crippen molar-refractivity contribution in [3.63, 3.8) is 0 Å². The van der Waals surface area contributed by atoms with Crippen molar-refractivity contribution in [3.05, 3.63) is 0 Å². The third-order valence-electron chi connectivity index (χ3n) is 0.400. The zero-order valence-electron chi connectivity index (χ0n) is 3.97. The second-order valence-electron chi connectivity index (χ2n) is 1.27. The van der Waals surface area contributed by atoms with E-state index >= 15 is 0 Å². The van der Waals surface area contributed by atoms with Crippen LogP contribution in [0, 0.1) is 0 Å². The number of ketones is 1. The average molecular weight is 189 g/mol. The van der Waals surface area contributed by atoms with Gasteiger partial charge in [-0.25, -0.2) is 0 Å². The number of carbonyl (C=O) groups is 2. The molecule has 0 aliphatic heterocycles. The summed E-state index contributed by atoms with van der Waals surface area (Å²) in [5, 5.41) is 7.86. The predicted molar refractivity (Wildman–Crippen MR) is 30.1 cm³/mol. The second kappa shape index (κ2) is 6.07. The molecule has 0 aromatic heterocycles. The molecule has 0 aromatic rings. The van der Waals surface area contributed by atoms with Crippen LogP contribution in [0.2, 0.25) is 0 Å². The van der Waals surface area contributed by atoms with E-state index in [-0.39, 0.29) is 70.4 Å². The molecule has 0 radical (unpaired) electrons. The molecule has 8 heavy (non-hydrogen) atoms. The summed E-state index contributed by atoms with van der Waals surface area (Å²) in [4.78, 5) is 19.5. The van der Waals surface area contributed by atoms with Crippen molar-refractivity contribution >= 4 is 69.9 Å². The molecule has 0 fully saturated rings. The number of hydrogen-bond acceptors (Lipinski definition) is 2. The van der Waals surface area contributed by atoms with Crippen molar-refractivity contribution in [2.24, 2.45) is 0 Å². The van der Waals surface area contributed by atoms with Gasteiger partial charge in [0.1, 0.15) is 12.2 Å². The fraction of sp³-hybridized carbons (Fsp3) is 0.500. The molecule has 0 atom stereocenters. The van der Waals surface area contributed by atoms with E-state index in [2.05, 4.69) is 0 Å². The van der Waals surface area contributed by atoms with Gasteiger partial charge in [0.25, 0.3) is 0 Å². The molecular formula is C4H7O3Rb. The Bertz CT molecular complexity index is 87.5. The Labute approximate surface area is 96.2 Å². The quantitative estimate of drug-likeness (QED) is 0.589. The van der Waals surface area contributed by atoms with E-state index < -0.39 is 5.97 Å². The number of carbonyl (C=O) groups excluding carboxylic acids is 1. The number of carboxylic acid groups (broad SMARTS) is 1. The Kier molecular flexibility index (Phi) is 8.88. The van der Waals surface area contributed by atoms with E-state index in [9.17, 15) is 9.59 Å². The maximum atomic E-state index is 9.87. The van der Waals surface area contributed by atoms with Gasteiger partial charge < -0.3 is 5.11 Å². The van der Waals surface area contributed by atoms with Gasteiger partial charge in [-0.3, -0.25) is 9.59 Å². The molecule has 42 valence electrons. The first-order valence-electron chi connectivity index (χ1n) is 1.84. The van der Waals surface area contributed by atoms with Crippen LogP contribution in [0.3, 0.4) is 0 Å². The number of rotatable bonds is 2. The summed E-state index contributed by atoms with van der Waals surface area (Å²) in [5.41, 5.74) is 0. The van der Waals surface area contributed by atoms with Crippen molar-refractivity contribution < 1.29 is 14.7 Å². The molecule has 0 rings (SSSR count). The van der Waals surface area contributed by atoms with Gasteiger partial charge in [-0.2, -0.15) is 0 Å². The third-order valence-corrected chi connectivity index (χ3v) is 0.400. The summed E-state index contributed by atoms with van der Waals surface area (Å²) >= 11 is 0. The molecule has 0 aliphatic rings. The van der Waals surface area contributed by atoms with Gasteiger partial charge in [-0.05, 0) is 6.92 Å². The van der Waals surface area contributed by atoms with Crippen molar-refractivity contribution in [1.82, 2.24) is 0 Å². The summed E-state index contributed by atoms with van der Waals surface area (Å²) in [5.74, 6) is -1.37. The molecule has 0 saturated heterocycles. The molecular weight excluding hydrogens is 182 g/mol. The Morgan fingerprint density at radius 2 is 1.88 bits per heavy atom. The van der Waals surface area contributed by atoms with Crippen molar-refractivity contribution in [1.29, 1.82) is 0 Å². The van der Waals surface area contributed by atoms with Crippen LogP contribution in [-0.4, -0.2) is 75.0 Å². The van der Waals surface area contributed by atoms with Crippen LogP contribution in [0.4, 0.5) is 0 Å². The summed E-state index contributed by atoms with van der Waals surface area (Å²) in [6.45, 7) is 1.24. The molecule has 0 aliphatic carbocycles. The van der Waals surface area contributed by atoms with Crippen LogP contribution in [-0.2, 0) is 9.59 Å². The number of Topliss-reactive ketones (excluding diaryl/α,β-unsaturated/α-hetero) is 1. The molecule has 0 amide bonds. The third kappa shape index (κ3) is 10.0. The molecule has 0 bridgehead atoms. The molecule has 0 spiro atoms. The van der Waals surface area contributed by atoms with E-state index in [4.69, 9.17) is 5.11 Å². The van der Waals surface area contributed by atoms with Crippen LogP contribution in [0.5, 0.6) is 0 Å². The van der Waals surface area contributed by atoms with Crippen molar-refractivity contribution in [3.8, 4) is 0 Å². The summed E-state index contributed by atoms with van der Waals surface area (Å²) in [6, 6.07) is 0. The Morgan fingerprint density at radius 3 is 1.88 bits per heavy atom. The van der Waals surface area contributed by atoms with Gasteiger partial charge in [0, 0.05) is 0 Å². The van der Waals surface area contributed by atoms with E-state index in [1.54, 1.807) is 0 Å². The van der Waals surface area contributed by atoms with Crippen molar-refractivity contribution in [2.45, 2.75) is 13.3 Å². The molecule has 1 N–H and O–H groups in total. The van der Waals surface area contributed by atoms with E-state index in [0.717, 1.165) is 0 Å². The Balaban J connectivity index is 0. The normalized spacial score (nSPS) is 7.12. The fourth-order valence-corrected chi connectivity index (χ4v) is 0.213. The first-order chi connectivity index (χ1) is 3.13. The van der Waals surface area contributed by atoms with Gasteiger partial charge in [0.15, 0.2) is 0 Å². The standard InChI is InChI=1S/C4H6O3.Rb.H/c1-3(5)2-4(6)7;;/h2H2,1H3,(H,6,7);;. The molecule has 3 nitrogen and oxygen atoms in total. The molecule has 0 heterocycles. The molecule has 0 aromatic carbocycles. The monoisotopic (exact) mass is 188 g/mol. The number of hydrogen-bond donors (Lipinski definition) is 1. The van der Waals surface area contributed by atoms with E-state index in [1.165, 1.54) is 6.92 Å². The molecule has 0 saturated carbocycles. The van der Waals surface area contributed by atoms with Crippen LogP contribution in [0.15, 0.2) is 0 Å². The summed E-state index contributed by atoms with van der Waals surface area (Å²) in [7, 11) is 0. The summed E-state index contributed by atoms with van der Waals surface area (Å²) in [6.07, 6.45) is -0.361. The van der Waals surface area contributed by atoms with Gasteiger partial charge in [0.05, 0.1) is 0 Å². The Hall–Kier alpha value is 0.945. The second-order valence-corrected chi connectivity index (χ2v) is 1.27. The molecule has 4 heteroatoms. The van der Waals surface area contributed by atoms with Crippen LogP contribution in [0.25, 0.3) is 0 Å². The first-order valence-corrected chi connectivity index (χ1v) is 1.84. The topological polar surface area (TPSA) is 54.4 Å². The zero-order valence-corrected chi connectivity index (χ0v) is 3.97. The van der Waals surface area contributed by atoms with Crippen LogP contribution < -0.4 is 0 Å². The van der Waals surface area contributed by atoms with Crippen molar-refractivity contribution in [2.75, 3.05) is 0 Å². The van der Waals surface area contributed by atoms with Gasteiger partial charge in [-0.15, -0.1) is 0 Å². The minimum absolute atomic E-state index is 0. The van der Waals surface area contributed by atoms with Gasteiger partial charge in [0.2, 0.25) is 0 Å². The van der Waals surface area contributed by atoms with Gasteiger partial charge in [-0.1, -0.05) is 0 Å². The zero-order chi connectivity index (χ0) is 5.86. The van der Waals surface area contributed by atoms with E-state index in [1.807, 2.05) is 0 Å². The predicted octanol–water partition coefficient (Wildman–Crippen LogP) is -0.598. The number of carboxylic acids is 1. The summed E-state index contributed by atoms with van der Waals surface area (Å²) < 4.78 is 0. The molecule has 0 unspecified atom stereocenters. The SMILES string of the molecule is CC(=O)CC(=O)O.[RbH].